The molecule has 8 nitrogen and oxygen atoms in total. The van der Waals surface area contributed by atoms with Crippen molar-refractivity contribution in [1.82, 2.24) is 14.6 Å². The minimum Gasteiger partial charge on any atom is -0.395 e. The number of carbonyl (C=O) groups is 3. The average molecular weight is 518 g/mol. The Kier molecular flexibility index (Phi) is 7.76. The number of hydrogen-bond acceptors (Lipinski definition) is 6. The zero-order valence-electron chi connectivity index (χ0n) is 19.3. The molecule has 3 aromatic rings. The Bertz CT molecular complexity index is 1240. The largest absolute Gasteiger partial charge is 0.395 e. The minimum atomic E-state index is -1.11. The number of anilines is 1. The Morgan fingerprint density at radius 1 is 1.11 bits per heavy atom. The second-order valence-electron chi connectivity index (χ2n) is 8.89. The number of carbonyl (C=O) groups excluding carboxylic acids is 3. The number of primary amides is 1. The van der Waals surface area contributed by atoms with E-state index in [1.54, 1.807) is 24.3 Å². The third-order valence-corrected chi connectivity index (χ3v) is 6.03. The molecule has 1 heterocycles. The van der Waals surface area contributed by atoms with Gasteiger partial charge in [-0.1, -0.05) is 35.9 Å². The number of nitrogens with two attached hydrogens (primary N) is 2. The van der Waals surface area contributed by atoms with Crippen LogP contribution in [0.2, 0.25) is 5.02 Å². The number of amides is 3. The third-order valence-electron chi connectivity index (χ3n) is 4.93. The van der Waals surface area contributed by atoms with E-state index in [0.717, 1.165) is 0 Å². The van der Waals surface area contributed by atoms with Crippen LogP contribution in [0.15, 0.2) is 48.5 Å². The molecule has 0 aliphatic heterocycles. The Balaban J connectivity index is 2.15. The molecule has 0 bridgehead atoms. The van der Waals surface area contributed by atoms with Gasteiger partial charge < -0.3 is 21.7 Å². The fourth-order valence-corrected chi connectivity index (χ4v) is 4.27. The summed E-state index contributed by atoms with van der Waals surface area (Å²) in [7, 11) is 0. The average Bonchev–Trinajstić information content (AvgIpc) is 3.16. The number of nitrogens with one attached hydrogen (secondary N) is 1. The van der Waals surface area contributed by atoms with Gasteiger partial charge in [0, 0.05) is 17.1 Å². The molecule has 1 unspecified atom stereocenters. The minimum absolute atomic E-state index is 0.0385. The van der Waals surface area contributed by atoms with Crippen LogP contribution in [0, 0.1) is 5.82 Å². The van der Waals surface area contributed by atoms with Gasteiger partial charge in [0.1, 0.15) is 16.7 Å². The summed E-state index contributed by atoms with van der Waals surface area (Å²) >= 11 is 6.77. The van der Waals surface area contributed by atoms with Crippen molar-refractivity contribution in [2.75, 3.05) is 5.73 Å². The lowest BCUT2D eigenvalue weighted by atomic mass is 10.0. The number of hydrogen-bond donors (Lipinski definition) is 3. The maximum atomic E-state index is 13.8. The summed E-state index contributed by atoms with van der Waals surface area (Å²) in [5, 5.41) is 3.37. The fraction of sp³-hybridized carbons (Fsp3) is 0.250. The van der Waals surface area contributed by atoms with Crippen molar-refractivity contribution in [1.29, 1.82) is 0 Å². The second kappa shape index (κ2) is 10.4. The lowest BCUT2D eigenvalue weighted by Gasteiger charge is -2.33. The number of benzene rings is 2. The van der Waals surface area contributed by atoms with Gasteiger partial charge >= 0.3 is 0 Å². The Labute approximate surface area is 211 Å². The molecule has 1 atom stereocenters. The van der Waals surface area contributed by atoms with Crippen LogP contribution in [0.5, 0.6) is 0 Å². The normalized spacial score (nSPS) is 12.1. The van der Waals surface area contributed by atoms with Crippen LogP contribution in [0.4, 0.5) is 10.1 Å². The Hall–Kier alpha value is -3.50. The van der Waals surface area contributed by atoms with E-state index in [9.17, 15) is 18.8 Å². The highest BCUT2D eigenvalue weighted by Gasteiger charge is 2.36. The summed E-state index contributed by atoms with van der Waals surface area (Å²) in [5.41, 5.74) is 11.4. The summed E-state index contributed by atoms with van der Waals surface area (Å²) < 4.78 is 17.4. The molecule has 0 saturated carbocycles. The van der Waals surface area contributed by atoms with Crippen LogP contribution in [0.1, 0.15) is 58.1 Å². The van der Waals surface area contributed by atoms with E-state index < -0.39 is 35.1 Å². The van der Waals surface area contributed by atoms with Crippen LogP contribution in [-0.2, 0) is 11.3 Å². The molecule has 184 valence electrons. The standard InChI is InChI=1S/C24H25ClFN5O3S/c1-24(2,3)29-22(33)19(14-6-8-15(25)9-7-14)31(12-13-4-10-16(26)11-5-13)23(34)20-17(27)18(21(28)32)30-35-20/h4-11,19H,12,27H2,1-3H3,(H2,28,32)(H,29,33). The van der Waals surface area contributed by atoms with Crippen molar-refractivity contribution in [2.45, 2.75) is 38.9 Å². The van der Waals surface area contributed by atoms with Gasteiger partial charge in [0.25, 0.3) is 11.8 Å². The summed E-state index contributed by atoms with van der Waals surface area (Å²) in [5.74, 6) is -2.40. The summed E-state index contributed by atoms with van der Waals surface area (Å²) in [6.45, 7) is 5.38. The van der Waals surface area contributed by atoms with Crippen molar-refractivity contribution in [3.8, 4) is 0 Å². The smallest absolute Gasteiger partial charge is 0.270 e. The van der Waals surface area contributed by atoms with Crippen molar-refractivity contribution >= 4 is 46.5 Å². The van der Waals surface area contributed by atoms with Gasteiger partial charge in [-0.3, -0.25) is 14.4 Å². The predicted octanol–water partition coefficient (Wildman–Crippen LogP) is 3.92. The molecule has 1 aromatic heterocycles. The molecule has 0 fully saturated rings. The summed E-state index contributed by atoms with van der Waals surface area (Å²) in [4.78, 5) is 40.3. The van der Waals surface area contributed by atoms with Crippen molar-refractivity contribution < 1.29 is 18.8 Å². The predicted molar refractivity (Wildman–Crippen MR) is 133 cm³/mol. The zero-order chi connectivity index (χ0) is 25.9. The van der Waals surface area contributed by atoms with Crippen molar-refractivity contribution in [3.05, 3.63) is 81.1 Å². The van der Waals surface area contributed by atoms with Gasteiger partial charge in [-0.2, -0.15) is 4.37 Å². The first-order valence-electron chi connectivity index (χ1n) is 10.5. The Morgan fingerprint density at radius 2 is 1.71 bits per heavy atom. The van der Waals surface area contributed by atoms with Gasteiger partial charge in [0.2, 0.25) is 5.91 Å². The molecule has 0 saturated heterocycles. The summed E-state index contributed by atoms with van der Waals surface area (Å²) in [6.07, 6.45) is 0. The number of rotatable bonds is 7. The fourth-order valence-electron chi connectivity index (χ4n) is 3.38. The quantitative estimate of drug-likeness (QED) is 0.437. The molecular formula is C24H25ClFN5O3S. The van der Waals surface area contributed by atoms with E-state index in [4.69, 9.17) is 23.1 Å². The number of nitrogen functional groups attached to an aromatic ring is 1. The first kappa shape index (κ1) is 26.1. The molecule has 5 N–H and O–H groups in total. The highest BCUT2D eigenvalue weighted by Crippen LogP contribution is 2.31. The third kappa shape index (κ3) is 6.34. The number of halogens is 2. The highest BCUT2D eigenvalue weighted by molar-refractivity contribution is 7.09. The number of nitrogens with zero attached hydrogens (tertiary/aromatic N) is 2. The zero-order valence-corrected chi connectivity index (χ0v) is 20.9. The number of aromatic nitrogens is 1. The van der Waals surface area contributed by atoms with Gasteiger partial charge in [0.05, 0.1) is 5.69 Å². The van der Waals surface area contributed by atoms with Crippen molar-refractivity contribution in [3.63, 3.8) is 0 Å². The van der Waals surface area contributed by atoms with Gasteiger partial charge in [-0.25, -0.2) is 4.39 Å². The maximum Gasteiger partial charge on any atom is 0.270 e. The van der Waals surface area contributed by atoms with Crippen LogP contribution in [-0.4, -0.2) is 32.5 Å². The van der Waals surface area contributed by atoms with E-state index in [2.05, 4.69) is 9.69 Å². The lowest BCUT2D eigenvalue weighted by Crippen LogP contribution is -2.49. The molecule has 2 aromatic carbocycles. The molecule has 0 aliphatic carbocycles. The lowest BCUT2D eigenvalue weighted by molar-refractivity contribution is -0.127. The first-order valence-corrected chi connectivity index (χ1v) is 11.7. The topological polar surface area (TPSA) is 131 Å². The highest BCUT2D eigenvalue weighted by atomic mass is 35.5. The van der Waals surface area contributed by atoms with Crippen LogP contribution < -0.4 is 16.8 Å². The monoisotopic (exact) mass is 517 g/mol. The van der Waals surface area contributed by atoms with E-state index in [0.29, 0.717) is 27.7 Å². The maximum absolute atomic E-state index is 13.8. The van der Waals surface area contributed by atoms with Crippen LogP contribution >= 0.6 is 23.1 Å². The molecule has 0 spiro atoms. The molecular weight excluding hydrogens is 493 g/mol. The van der Waals surface area contributed by atoms with Crippen LogP contribution in [0.25, 0.3) is 0 Å². The van der Waals surface area contributed by atoms with Crippen molar-refractivity contribution in [2.24, 2.45) is 5.73 Å². The van der Waals surface area contributed by atoms with Gasteiger partial charge in [-0.15, -0.1) is 0 Å². The molecule has 0 radical (unpaired) electrons. The molecule has 0 aliphatic rings. The van der Waals surface area contributed by atoms with Crippen LogP contribution in [0.3, 0.4) is 0 Å². The summed E-state index contributed by atoms with van der Waals surface area (Å²) in [6, 6.07) is 11.0. The Morgan fingerprint density at radius 3 is 2.23 bits per heavy atom. The molecule has 3 rings (SSSR count). The molecule has 11 heteroatoms. The van der Waals surface area contributed by atoms with E-state index in [-0.39, 0.29) is 22.8 Å². The van der Waals surface area contributed by atoms with E-state index >= 15 is 0 Å². The first-order chi connectivity index (χ1) is 16.4. The SMILES string of the molecule is CC(C)(C)NC(=O)C(c1ccc(Cl)cc1)N(Cc1ccc(F)cc1)C(=O)c1snc(C(N)=O)c1N. The molecule has 3 amide bonds. The van der Waals surface area contributed by atoms with Gasteiger partial charge in [-0.05, 0) is 67.7 Å². The second-order valence-corrected chi connectivity index (χ2v) is 10.1. The molecule has 35 heavy (non-hydrogen) atoms. The van der Waals surface area contributed by atoms with E-state index in [1.807, 2.05) is 20.8 Å². The van der Waals surface area contributed by atoms with Gasteiger partial charge in [0.15, 0.2) is 5.69 Å². The van der Waals surface area contributed by atoms with E-state index in [1.165, 1.54) is 29.2 Å².